The van der Waals surface area contributed by atoms with Crippen LogP contribution < -0.4 is 10.6 Å². The predicted molar refractivity (Wildman–Crippen MR) is 55.4 cm³/mol. The van der Waals surface area contributed by atoms with Crippen molar-refractivity contribution in [2.24, 2.45) is 5.92 Å². The summed E-state index contributed by atoms with van der Waals surface area (Å²) < 4.78 is 0. The molecule has 3 unspecified atom stereocenters. The van der Waals surface area contributed by atoms with E-state index in [-0.39, 0.29) is 23.9 Å². The second kappa shape index (κ2) is 5.11. The molecule has 15 heavy (non-hydrogen) atoms. The molecule has 1 rings (SSSR count). The van der Waals surface area contributed by atoms with Crippen molar-refractivity contribution in [3.8, 4) is 0 Å². The zero-order valence-electron chi connectivity index (χ0n) is 9.12. The number of carbonyl (C=O) groups excluding carboxylic acids is 1. The molecule has 0 saturated heterocycles. The van der Waals surface area contributed by atoms with Gasteiger partial charge in [-0.05, 0) is 26.7 Å². The van der Waals surface area contributed by atoms with Crippen molar-refractivity contribution in [2.45, 2.75) is 38.8 Å². The van der Waals surface area contributed by atoms with E-state index < -0.39 is 5.97 Å². The highest BCUT2D eigenvalue weighted by Gasteiger charge is 2.37. The molecular weight excluding hydrogens is 196 g/mol. The van der Waals surface area contributed by atoms with Gasteiger partial charge in [-0.25, -0.2) is 0 Å². The third-order valence-corrected chi connectivity index (χ3v) is 2.80. The van der Waals surface area contributed by atoms with Crippen molar-refractivity contribution in [3.05, 3.63) is 0 Å². The monoisotopic (exact) mass is 214 g/mol. The molecule has 1 amide bonds. The molecule has 1 fully saturated rings. The summed E-state index contributed by atoms with van der Waals surface area (Å²) in [6, 6.07) is -0.378. The predicted octanol–water partition coefficient (Wildman–Crippen LogP) is -0.0362. The Balaban J connectivity index is 2.35. The quantitative estimate of drug-likeness (QED) is 0.600. The topological polar surface area (TPSA) is 78.4 Å². The van der Waals surface area contributed by atoms with Crippen molar-refractivity contribution in [2.75, 3.05) is 6.54 Å². The summed E-state index contributed by atoms with van der Waals surface area (Å²) in [5, 5.41) is 14.6. The minimum absolute atomic E-state index is 0.0555. The molecule has 0 aromatic rings. The molecule has 0 radical (unpaired) electrons. The smallest absolute Gasteiger partial charge is 0.308 e. The minimum atomic E-state index is -0.776. The van der Waals surface area contributed by atoms with Gasteiger partial charge in [0.1, 0.15) is 0 Å². The normalized spacial score (nSPS) is 26.5. The van der Waals surface area contributed by atoms with Crippen LogP contribution in [-0.2, 0) is 9.59 Å². The molecule has 1 aliphatic carbocycles. The van der Waals surface area contributed by atoms with E-state index in [1.807, 2.05) is 6.92 Å². The zero-order chi connectivity index (χ0) is 11.4. The number of nitrogens with one attached hydrogen (secondary N) is 2. The van der Waals surface area contributed by atoms with Crippen LogP contribution in [0.2, 0.25) is 0 Å². The number of rotatable bonds is 5. The maximum absolute atomic E-state index is 11.4. The van der Waals surface area contributed by atoms with Crippen LogP contribution >= 0.6 is 0 Å². The lowest BCUT2D eigenvalue weighted by Gasteiger charge is -2.35. The van der Waals surface area contributed by atoms with Gasteiger partial charge in [-0.1, -0.05) is 0 Å². The Hall–Kier alpha value is -1.10. The van der Waals surface area contributed by atoms with Crippen LogP contribution in [0.5, 0.6) is 0 Å². The second-order valence-corrected chi connectivity index (χ2v) is 3.91. The fourth-order valence-electron chi connectivity index (χ4n) is 1.72. The summed E-state index contributed by atoms with van der Waals surface area (Å²) in [6.45, 7) is 4.20. The van der Waals surface area contributed by atoms with Crippen LogP contribution in [0, 0.1) is 5.92 Å². The molecule has 3 N–H and O–H groups in total. The molecule has 0 spiro atoms. The zero-order valence-corrected chi connectivity index (χ0v) is 9.12. The highest BCUT2D eigenvalue weighted by molar-refractivity contribution is 5.81. The van der Waals surface area contributed by atoms with Crippen molar-refractivity contribution in [1.29, 1.82) is 0 Å². The van der Waals surface area contributed by atoms with E-state index in [0.717, 1.165) is 6.42 Å². The summed E-state index contributed by atoms with van der Waals surface area (Å²) >= 11 is 0. The van der Waals surface area contributed by atoms with Gasteiger partial charge in [0.2, 0.25) is 5.91 Å². The van der Waals surface area contributed by atoms with Gasteiger partial charge in [0.25, 0.3) is 0 Å². The Morgan fingerprint density at radius 1 is 1.47 bits per heavy atom. The van der Waals surface area contributed by atoms with E-state index in [1.54, 1.807) is 6.92 Å². The maximum atomic E-state index is 11.4. The van der Waals surface area contributed by atoms with Crippen LogP contribution in [0.4, 0.5) is 0 Å². The summed E-state index contributed by atoms with van der Waals surface area (Å²) in [5.74, 6) is -1.18. The molecule has 5 heteroatoms. The van der Waals surface area contributed by atoms with Gasteiger partial charge >= 0.3 is 5.97 Å². The first-order valence-electron chi connectivity index (χ1n) is 5.32. The van der Waals surface area contributed by atoms with Crippen LogP contribution in [0.25, 0.3) is 0 Å². The second-order valence-electron chi connectivity index (χ2n) is 3.91. The highest BCUT2D eigenvalue weighted by Crippen LogP contribution is 2.27. The third-order valence-electron chi connectivity index (χ3n) is 2.80. The van der Waals surface area contributed by atoms with E-state index >= 15 is 0 Å². The lowest BCUT2D eigenvalue weighted by Crippen LogP contribution is -2.54. The lowest BCUT2D eigenvalue weighted by atomic mass is 9.79. The van der Waals surface area contributed by atoms with Crippen molar-refractivity contribution >= 4 is 11.9 Å². The van der Waals surface area contributed by atoms with Crippen LogP contribution in [0.15, 0.2) is 0 Å². The van der Waals surface area contributed by atoms with Gasteiger partial charge in [0, 0.05) is 12.6 Å². The Morgan fingerprint density at radius 2 is 2.13 bits per heavy atom. The van der Waals surface area contributed by atoms with E-state index in [0.29, 0.717) is 13.0 Å². The number of carboxylic acid groups (broad SMARTS) is 1. The molecule has 1 saturated carbocycles. The van der Waals surface area contributed by atoms with Gasteiger partial charge in [-0.2, -0.15) is 0 Å². The Labute approximate surface area is 89.2 Å². The molecule has 0 aromatic carbocycles. The fourth-order valence-corrected chi connectivity index (χ4v) is 1.72. The summed E-state index contributed by atoms with van der Waals surface area (Å²) in [4.78, 5) is 22.1. The first kappa shape index (κ1) is 12.0. The van der Waals surface area contributed by atoms with Crippen molar-refractivity contribution in [3.63, 3.8) is 0 Å². The SMILES string of the molecule is CCNC(=O)C(C)NC1CCC1C(=O)O. The standard InChI is InChI=1S/C10H18N2O3/c1-3-11-9(13)6(2)12-8-5-4-7(8)10(14)15/h6-8,12H,3-5H2,1-2H3,(H,11,13)(H,14,15). The summed E-state index contributed by atoms with van der Waals surface area (Å²) in [5.41, 5.74) is 0. The molecule has 86 valence electrons. The van der Waals surface area contributed by atoms with Crippen molar-refractivity contribution in [1.82, 2.24) is 10.6 Å². The molecule has 0 aromatic heterocycles. The number of likely N-dealkylation sites (N-methyl/N-ethyl adjacent to an activating group) is 1. The van der Waals surface area contributed by atoms with E-state index in [1.165, 1.54) is 0 Å². The molecule has 3 atom stereocenters. The van der Waals surface area contributed by atoms with Crippen LogP contribution in [-0.4, -0.2) is 35.6 Å². The van der Waals surface area contributed by atoms with E-state index in [2.05, 4.69) is 10.6 Å². The molecule has 0 aliphatic heterocycles. The molecule has 0 bridgehead atoms. The first-order valence-corrected chi connectivity index (χ1v) is 5.32. The summed E-state index contributed by atoms with van der Waals surface area (Å²) in [7, 11) is 0. The Kier molecular flexibility index (Phi) is 4.08. The lowest BCUT2D eigenvalue weighted by molar-refractivity contribution is -0.146. The Bertz CT molecular complexity index is 255. The van der Waals surface area contributed by atoms with E-state index in [9.17, 15) is 9.59 Å². The highest BCUT2D eigenvalue weighted by atomic mass is 16.4. The fraction of sp³-hybridized carbons (Fsp3) is 0.800. The third kappa shape index (κ3) is 2.92. The first-order chi connectivity index (χ1) is 7.06. The van der Waals surface area contributed by atoms with Gasteiger partial charge in [-0.3, -0.25) is 9.59 Å². The minimum Gasteiger partial charge on any atom is -0.481 e. The van der Waals surface area contributed by atoms with Crippen LogP contribution in [0.3, 0.4) is 0 Å². The largest absolute Gasteiger partial charge is 0.481 e. The molecular formula is C10H18N2O3. The number of aliphatic carboxylic acids is 1. The number of hydrogen-bond donors (Lipinski definition) is 3. The average molecular weight is 214 g/mol. The van der Waals surface area contributed by atoms with Crippen molar-refractivity contribution < 1.29 is 14.7 Å². The number of amides is 1. The average Bonchev–Trinajstić information content (AvgIpc) is 2.11. The number of hydrogen-bond acceptors (Lipinski definition) is 3. The number of carboxylic acids is 1. The molecule has 0 heterocycles. The number of carbonyl (C=O) groups is 2. The summed E-state index contributed by atoms with van der Waals surface area (Å²) in [6.07, 6.45) is 1.54. The van der Waals surface area contributed by atoms with E-state index in [4.69, 9.17) is 5.11 Å². The van der Waals surface area contributed by atoms with Gasteiger partial charge in [0.05, 0.1) is 12.0 Å². The van der Waals surface area contributed by atoms with Gasteiger partial charge in [0.15, 0.2) is 0 Å². The maximum Gasteiger partial charge on any atom is 0.308 e. The van der Waals surface area contributed by atoms with Gasteiger partial charge in [-0.15, -0.1) is 0 Å². The molecule has 1 aliphatic rings. The Morgan fingerprint density at radius 3 is 2.53 bits per heavy atom. The van der Waals surface area contributed by atoms with Crippen LogP contribution in [0.1, 0.15) is 26.7 Å². The van der Waals surface area contributed by atoms with Gasteiger partial charge < -0.3 is 15.7 Å². The molecule has 5 nitrogen and oxygen atoms in total.